The van der Waals surface area contributed by atoms with Crippen molar-refractivity contribution in [1.82, 2.24) is 9.97 Å². The molecule has 86 valence electrons. The van der Waals surface area contributed by atoms with Gasteiger partial charge < -0.3 is 4.98 Å². The van der Waals surface area contributed by atoms with Gasteiger partial charge in [0.2, 0.25) is 0 Å². The number of benzene rings is 1. The summed E-state index contributed by atoms with van der Waals surface area (Å²) < 4.78 is 0. The summed E-state index contributed by atoms with van der Waals surface area (Å²) in [5.74, 6) is 0.394. The molecule has 1 heterocycles. The second-order valence-electron chi connectivity index (χ2n) is 3.30. The van der Waals surface area contributed by atoms with Crippen LogP contribution < -0.4 is 0 Å². The van der Waals surface area contributed by atoms with Crippen molar-refractivity contribution in [2.45, 2.75) is 0 Å². The van der Waals surface area contributed by atoms with E-state index >= 15 is 0 Å². The third-order valence-corrected chi connectivity index (χ3v) is 2.67. The van der Waals surface area contributed by atoms with E-state index in [0.717, 1.165) is 0 Å². The number of imidazole rings is 1. The van der Waals surface area contributed by atoms with Crippen LogP contribution in [0.3, 0.4) is 0 Å². The number of H-pyrrole nitrogens is 1. The molecule has 2 aromatic rings. The molecule has 2 rings (SSSR count). The Morgan fingerprint density at radius 2 is 2.18 bits per heavy atom. The molecule has 17 heavy (non-hydrogen) atoms. The lowest BCUT2D eigenvalue weighted by atomic mass is 10.1. The molecule has 3 nitrogen and oxygen atoms in total. The van der Waals surface area contributed by atoms with Crippen LogP contribution in [0.15, 0.2) is 36.7 Å². The van der Waals surface area contributed by atoms with Gasteiger partial charge in [0.15, 0.2) is 5.78 Å². The topological polar surface area (TPSA) is 45.8 Å². The molecular weight excluding hydrogens is 259 g/mol. The number of aromatic amines is 1. The standard InChI is InChI=1S/C12H8Cl2N2O/c13-8-1-2-10(14)9(7-8)11(17)3-4-12-15-5-6-16-12/h1-7H,(H,15,16). The third kappa shape index (κ3) is 2.96. The van der Waals surface area contributed by atoms with Crippen molar-refractivity contribution in [3.05, 3.63) is 58.1 Å². The molecule has 0 saturated carbocycles. The summed E-state index contributed by atoms with van der Waals surface area (Å²) in [6.45, 7) is 0. The van der Waals surface area contributed by atoms with Crippen LogP contribution in [0.25, 0.3) is 6.08 Å². The molecule has 0 aliphatic rings. The Morgan fingerprint density at radius 3 is 2.88 bits per heavy atom. The summed E-state index contributed by atoms with van der Waals surface area (Å²) in [6.07, 6.45) is 6.27. The molecule has 1 aromatic carbocycles. The number of aromatic nitrogens is 2. The fraction of sp³-hybridized carbons (Fsp3) is 0. The van der Waals surface area contributed by atoms with Crippen LogP contribution in [-0.4, -0.2) is 15.8 Å². The number of nitrogens with one attached hydrogen (secondary N) is 1. The highest BCUT2D eigenvalue weighted by Gasteiger charge is 2.07. The number of carbonyl (C=O) groups is 1. The Morgan fingerprint density at radius 1 is 1.35 bits per heavy atom. The second-order valence-corrected chi connectivity index (χ2v) is 4.14. The zero-order valence-electron chi connectivity index (χ0n) is 8.65. The highest BCUT2D eigenvalue weighted by atomic mass is 35.5. The van der Waals surface area contributed by atoms with Gasteiger partial charge in [-0.2, -0.15) is 0 Å². The number of halogens is 2. The van der Waals surface area contributed by atoms with Crippen molar-refractivity contribution >= 4 is 35.1 Å². The zero-order chi connectivity index (χ0) is 12.3. The van der Waals surface area contributed by atoms with Crippen molar-refractivity contribution in [3.8, 4) is 0 Å². The van der Waals surface area contributed by atoms with E-state index < -0.39 is 0 Å². The lowest BCUT2D eigenvalue weighted by Crippen LogP contribution is -1.95. The van der Waals surface area contributed by atoms with Gasteiger partial charge in [0, 0.05) is 23.0 Å². The molecule has 0 bridgehead atoms. The van der Waals surface area contributed by atoms with Crippen molar-refractivity contribution in [2.24, 2.45) is 0 Å². The minimum Gasteiger partial charge on any atom is -0.345 e. The van der Waals surface area contributed by atoms with Gasteiger partial charge in [0.25, 0.3) is 0 Å². The summed E-state index contributed by atoms with van der Waals surface area (Å²) >= 11 is 11.7. The van der Waals surface area contributed by atoms with E-state index in [9.17, 15) is 4.79 Å². The summed E-state index contributed by atoms with van der Waals surface area (Å²) in [4.78, 5) is 18.7. The Balaban J connectivity index is 2.23. The number of carbonyl (C=O) groups excluding carboxylic acids is 1. The van der Waals surface area contributed by atoms with Crippen molar-refractivity contribution in [3.63, 3.8) is 0 Å². The van der Waals surface area contributed by atoms with Gasteiger partial charge >= 0.3 is 0 Å². The molecule has 0 radical (unpaired) electrons. The molecule has 0 amide bonds. The van der Waals surface area contributed by atoms with E-state index in [1.165, 1.54) is 6.08 Å². The maximum Gasteiger partial charge on any atom is 0.187 e. The van der Waals surface area contributed by atoms with Crippen LogP contribution in [0.4, 0.5) is 0 Å². The SMILES string of the molecule is O=C(C=Cc1ncc[nH]1)c1cc(Cl)ccc1Cl. The fourth-order valence-electron chi connectivity index (χ4n) is 1.30. The molecule has 0 aliphatic heterocycles. The normalized spacial score (nSPS) is 10.9. The molecule has 0 spiro atoms. The Hall–Kier alpha value is -1.58. The van der Waals surface area contributed by atoms with E-state index in [-0.39, 0.29) is 5.78 Å². The maximum atomic E-state index is 11.8. The van der Waals surface area contributed by atoms with Gasteiger partial charge in [-0.3, -0.25) is 4.79 Å². The van der Waals surface area contributed by atoms with Gasteiger partial charge in [-0.25, -0.2) is 4.98 Å². The number of rotatable bonds is 3. The van der Waals surface area contributed by atoms with E-state index in [4.69, 9.17) is 23.2 Å². The molecule has 0 unspecified atom stereocenters. The number of hydrogen-bond acceptors (Lipinski definition) is 2. The minimum absolute atomic E-state index is 0.214. The average Bonchev–Trinajstić information content (AvgIpc) is 2.82. The van der Waals surface area contributed by atoms with Gasteiger partial charge in [-0.15, -0.1) is 0 Å². The zero-order valence-corrected chi connectivity index (χ0v) is 10.2. The predicted molar refractivity (Wildman–Crippen MR) is 68.4 cm³/mol. The van der Waals surface area contributed by atoms with Crippen LogP contribution in [0, 0.1) is 0 Å². The Bertz CT molecular complexity index is 562. The predicted octanol–water partition coefficient (Wildman–Crippen LogP) is 3.61. The van der Waals surface area contributed by atoms with Gasteiger partial charge in [0.05, 0.1) is 5.02 Å². The first-order valence-corrected chi connectivity index (χ1v) is 5.59. The van der Waals surface area contributed by atoms with Gasteiger partial charge in [-0.1, -0.05) is 23.2 Å². The number of hydrogen-bond donors (Lipinski definition) is 1. The lowest BCUT2D eigenvalue weighted by Gasteiger charge is -1.99. The number of allylic oxidation sites excluding steroid dienone is 1. The molecule has 0 aliphatic carbocycles. The molecular formula is C12H8Cl2N2O. The van der Waals surface area contributed by atoms with Crippen LogP contribution in [0.2, 0.25) is 10.0 Å². The smallest absolute Gasteiger partial charge is 0.187 e. The lowest BCUT2D eigenvalue weighted by molar-refractivity contribution is 0.104. The first kappa shape index (κ1) is 11.9. The van der Waals surface area contributed by atoms with Gasteiger partial charge in [-0.05, 0) is 30.4 Å². The second kappa shape index (κ2) is 5.17. The van der Waals surface area contributed by atoms with Crippen LogP contribution in [0.1, 0.15) is 16.2 Å². The Labute approximate surface area is 108 Å². The van der Waals surface area contributed by atoms with Crippen LogP contribution in [-0.2, 0) is 0 Å². The number of nitrogens with zero attached hydrogens (tertiary/aromatic N) is 1. The summed E-state index contributed by atoms with van der Waals surface area (Å²) in [7, 11) is 0. The summed E-state index contributed by atoms with van der Waals surface area (Å²) in [5, 5.41) is 0.854. The first-order valence-electron chi connectivity index (χ1n) is 4.83. The molecule has 0 saturated heterocycles. The minimum atomic E-state index is -0.214. The number of ketones is 1. The van der Waals surface area contributed by atoms with E-state index in [1.54, 1.807) is 36.7 Å². The Kier molecular flexibility index (Phi) is 3.61. The average molecular weight is 267 g/mol. The van der Waals surface area contributed by atoms with Crippen LogP contribution >= 0.6 is 23.2 Å². The highest BCUT2D eigenvalue weighted by Crippen LogP contribution is 2.21. The van der Waals surface area contributed by atoms with Crippen LogP contribution in [0.5, 0.6) is 0 Å². The summed E-state index contributed by atoms with van der Waals surface area (Å²) in [6, 6.07) is 4.77. The quantitative estimate of drug-likeness (QED) is 0.682. The molecule has 1 N–H and O–H groups in total. The van der Waals surface area contributed by atoms with Gasteiger partial charge in [0.1, 0.15) is 5.82 Å². The van der Waals surface area contributed by atoms with E-state index in [0.29, 0.717) is 21.4 Å². The van der Waals surface area contributed by atoms with E-state index in [2.05, 4.69) is 9.97 Å². The molecule has 5 heteroatoms. The maximum absolute atomic E-state index is 11.8. The van der Waals surface area contributed by atoms with Crippen molar-refractivity contribution in [1.29, 1.82) is 0 Å². The summed E-state index contributed by atoms with van der Waals surface area (Å²) in [5.41, 5.74) is 0.377. The highest BCUT2D eigenvalue weighted by molar-refractivity contribution is 6.36. The largest absolute Gasteiger partial charge is 0.345 e. The molecule has 1 aromatic heterocycles. The van der Waals surface area contributed by atoms with Crippen molar-refractivity contribution in [2.75, 3.05) is 0 Å². The monoisotopic (exact) mass is 266 g/mol. The van der Waals surface area contributed by atoms with E-state index in [1.807, 2.05) is 0 Å². The molecule has 0 atom stereocenters. The molecule has 0 fully saturated rings. The third-order valence-electron chi connectivity index (χ3n) is 2.11. The van der Waals surface area contributed by atoms with Crippen molar-refractivity contribution < 1.29 is 4.79 Å². The fourth-order valence-corrected chi connectivity index (χ4v) is 1.68. The first-order chi connectivity index (χ1) is 8.16.